The highest BCUT2D eigenvalue weighted by molar-refractivity contribution is 9.10. The lowest BCUT2D eigenvalue weighted by atomic mass is 10.1. The molecule has 192 valence electrons. The van der Waals surface area contributed by atoms with Crippen LogP contribution < -0.4 is 9.47 Å². The number of carbonyl (C=O) groups is 1. The molecule has 8 heteroatoms. The summed E-state index contributed by atoms with van der Waals surface area (Å²) in [5.74, 6) is 0.678. The molecule has 0 radical (unpaired) electrons. The van der Waals surface area contributed by atoms with Gasteiger partial charge in [-0.25, -0.2) is 9.38 Å². The average molecular weight is 592 g/mol. The van der Waals surface area contributed by atoms with Gasteiger partial charge in [-0.1, -0.05) is 58.4 Å². The summed E-state index contributed by atoms with van der Waals surface area (Å²) in [7, 11) is 1.59. The molecule has 5 rings (SSSR count). The van der Waals surface area contributed by atoms with Gasteiger partial charge in [-0.2, -0.15) is 0 Å². The second-order valence-corrected chi connectivity index (χ2v) is 10.3. The Morgan fingerprint density at radius 1 is 1.03 bits per heavy atom. The van der Waals surface area contributed by atoms with Crippen LogP contribution in [-0.4, -0.2) is 29.6 Å². The molecule has 0 saturated carbocycles. The number of aliphatic imine (C=N–C) groups is 1. The van der Waals surface area contributed by atoms with Crippen molar-refractivity contribution in [3.05, 3.63) is 105 Å². The van der Waals surface area contributed by atoms with Crippen LogP contribution in [0.2, 0.25) is 0 Å². The van der Waals surface area contributed by atoms with Crippen LogP contribution in [0.3, 0.4) is 0 Å². The molecule has 1 fully saturated rings. The lowest BCUT2D eigenvalue weighted by molar-refractivity contribution is -0.122. The molecule has 0 spiro atoms. The molecule has 1 aliphatic heterocycles. The Morgan fingerprint density at radius 2 is 1.79 bits per heavy atom. The molecule has 0 bridgehead atoms. The molecular weight excluding hydrogens is 567 g/mol. The van der Waals surface area contributed by atoms with E-state index in [0.717, 1.165) is 26.4 Å². The van der Waals surface area contributed by atoms with Crippen LogP contribution in [0.5, 0.6) is 11.5 Å². The number of likely N-dealkylation sites (N-methyl/N-ethyl adjacent to an activating group) is 1. The molecule has 5 nitrogen and oxygen atoms in total. The van der Waals surface area contributed by atoms with Crippen LogP contribution in [0, 0.1) is 5.82 Å². The lowest BCUT2D eigenvalue weighted by Crippen LogP contribution is -2.28. The van der Waals surface area contributed by atoms with Crippen molar-refractivity contribution in [2.75, 3.05) is 13.7 Å². The third-order valence-corrected chi connectivity index (χ3v) is 7.78. The summed E-state index contributed by atoms with van der Waals surface area (Å²) in [6.45, 7) is 2.74. The number of nitrogens with zero attached hydrogens (tertiary/aromatic N) is 2. The Hall–Kier alpha value is -3.62. The summed E-state index contributed by atoms with van der Waals surface area (Å²) in [6.07, 6.45) is 1.81. The number of ether oxygens (including phenoxy) is 2. The van der Waals surface area contributed by atoms with Crippen LogP contribution in [0.4, 0.5) is 10.1 Å². The summed E-state index contributed by atoms with van der Waals surface area (Å²) in [5.41, 5.74) is 2.43. The van der Waals surface area contributed by atoms with Gasteiger partial charge in [0.15, 0.2) is 16.7 Å². The van der Waals surface area contributed by atoms with E-state index >= 15 is 0 Å². The monoisotopic (exact) mass is 590 g/mol. The largest absolute Gasteiger partial charge is 0.493 e. The summed E-state index contributed by atoms with van der Waals surface area (Å²) in [5, 5.41) is 2.85. The van der Waals surface area contributed by atoms with Crippen molar-refractivity contribution in [2.24, 2.45) is 4.99 Å². The van der Waals surface area contributed by atoms with Crippen molar-refractivity contribution in [3.8, 4) is 11.5 Å². The number of halogens is 2. The maximum absolute atomic E-state index is 13.3. The van der Waals surface area contributed by atoms with Crippen LogP contribution in [-0.2, 0) is 11.4 Å². The van der Waals surface area contributed by atoms with E-state index in [9.17, 15) is 9.18 Å². The average Bonchev–Trinajstić information content (AvgIpc) is 3.23. The molecule has 1 heterocycles. The molecule has 1 saturated heterocycles. The lowest BCUT2D eigenvalue weighted by Gasteiger charge is -2.14. The van der Waals surface area contributed by atoms with Crippen molar-refractivity contribution >= 4 is 61.3 Å². The van der Waals surface area contributed by atoms with Crippen LogP contribution in [0.1, 0.15) is 18.1 Å². The van der Waals surface area contributed by atoms with E-state index in [4.69, 9.17) is 9.47 Å². The van der Waals surface area contributed by atoms with Gasteiger partial charge in [0, 0.05) is 11.0 Å². The predicted molar refractivity (Wildman–Crippen MR) is 155 cm³/mol. The van der Waals surface area contributed by atoms with E-state index in [-0.39, 0.29) is 11.7 Å². The van der Waals surface area contributed by atoms with Gasteiger partial charge in [0.25, 0.3) is 5.91 Å². The van der Waals surface area contributed by atoms with Crippen LogP contribution >= 0.6 is 27.7 Å². The molecule has 0 atom stereocenters. The second kappa shape index (κ2) is 11.4. The predicted octanol–water partition coefficient (Wildman–Crippen LogP) is 7.95. The maximum Gasteiger partial charge on any atom is 0.266 e. The van der Waals surface area contributed by atoms with E-state index < -0.39 is 0 Å². The zero-order valence-electron chi connectivity index (χ0n) is 20.8. The van der Waals surface area contributed by atoms with E-state index in [1.165, 1.54) is 23.9 Å². The Morgan fingerprint density at radius 3 is 2.55 bits per heavy atom. The third-order valence-electron chi connectivity index (χ3n) is 6.09. The van der Waals surface area contributed by atoms with E-state index in [1.54, 1.807) is 24.1 Å². The molecule has 1 amide bonds. The summed E-state index contributed by atoms with van der Waals surface area (Å²) < 4.78 is 25.8. The van der Waals surface area contributed by atoms with Crippen molar-refractivity contribution in [3.63, 3.8) is 0 Å². The number of methoxy groups -OCH3 is 1. The molecule has 38 heavy (non-hydrogen) atoms. The number of amides is 1. The molecule has 0 aromatic heterocycles. The number of carbonyl (C=O) groups excluding carboxylic acids is 1. The highest BCUT2D eigenvalue weighted by Gasteiger charge is 2.32. The molecule has 4 aromatic rings. The Labute approximate surface area is 233 Å². The molecule has 0 N–H and O–H groups in total. The molecule has 0 aliphatic carbocycles. The molecule has 0 unspecified atom stereocenters. The minimum absolute atomic E-state index is 0.138. The molecular formula is C30H24BrFN2O3S. The number of amidine groups is 1. The third kappa shape index (κ3) is 5.47. The molecule has 4 aromatic carbocycles. The topological polar surface area (TPSA) is 51.1 Å². The highest BCUT2D eigenvalue weighted by Crippen LogP contribution is 2.39. The first-order valence-corrected chi connectivity index (χ1v) is 13.6. The first kappa shape index (κ1) is 26.0. The number of fused-ring (bicyclic) bond motifs is 1. The smallest absolute Gasteiger partial charge is 0.266 e. The minimum Gasteiger partial charge on any atom is -0.493 e. The van der Waals surface area contributed by atoms with Gasteiger partial charge in [-0.3, -0.25) is 9.69 Å². The summed E-state index contributed by atoms with van der Waals surface area (Å²) in [6, 6.07) is 23.9. The zero-order valence-corrected chi connectivity index (χ0v) is 23.2. The summed E-state index contributed by atoms with van der Waals surface area (Å²) in [4.78, 5) is 19.8. The zero-order chi connectivity index (χ0) is 26.6. The standard InChI is InChI=1S/C30H24BrFN2O3S/c1-3-34-29(35)28(38-30(34)33-23-13-11-22(32)12-14-23)16-21-15-26(36-2)27(17-25(21)31)37-18-20-9-6-8-19-7-4-5-10-24(19)20/h4-17H,3,18H2,1-2H3/b28-16+,33-30?. The first-order valence-electron chi connectivity index (χ1n) is 12.0. The fourth-order valence-corrected chi connectivity index (χ4v) is 5.64. The quantitative estimate of drug-likeness (QED) is 0.205. The van der Waals surface area contributed by atoms with Crippen molar-refractivity contribution < 1.29 is 18.7 Å². The van der Waals surface area contributed by atoms with Crippen LogP contribution in [0.25, 0.3) is 16.8 Å². The number of hydrogen-bond acceptors (Lipinski definition) is 5. The second-order valence-electron chi connectivity index (χ2n) is 8.48. The Kier molecular flexibility index (Phi) is 7.81. The fourth-order valence-electron chi connectivity index (χ4n) is 4.15. The van der Waals surface area contributed by atoms with E-state index in [1.807, 2.05) is 43.3 Å². The maximum atomic E-state index is 13.3. The van der Waals surface area contributed by atoms with Gasteiger partial charge in [0.2, 0.25) is 0 Å². The molecule has 1 aliphatic rings. The van der Waals surface area contributed by atoms with Crippen molar-refractivity contribution in [1.29, 1.82) is 0 Å². The SMILES string of the molecule is CCN1C(=O)/C(=C\c2cc(OC)c(OCc3cccc4ccccc34)cc2Br)SC1=Nc1ccc(F)cc1. The number of rotatable bonds is 7. The normalized spacial score (nSPS) is 15.6. The van der Waals surface area contributed by atoms with Gasteiger partial charge >= 0.3 is 0 Å². The van der Waals surface area contributed by atoms with Crippen molar-refractivity contribution in [2.45, 2.75) is 13.5 Å². The van der Waals surface area contributed by atoms with E-state index in [0.29, 0.717) is 40.4 Å². The first-order chi connectivity index (χ1) is 18.5. The van der Waals surface area contributed by atoms with Crippen LogP contribution in [0.15, 0.2) is 93.2 Å². The number of thioether (sulfide) groups is 1. The minimum atomic E-state index is -0.333. The van der Waals surface area contributed by atoms with Gasteiger partial charge in [0.05, 0.1) is 17.7 Å². The number of benzene rings is 4. The number of hydrogen-bond donors (Lipinski definition) is 0. The van der Waals surface area contributed by atoms with E-state index in [2.05, 4.69) is 45.2 Å². The highest BCUT2D eigenvalue weighted by atomic mass is 79.9. The van der Waals surface area contributed by atoms with Gasteiger partial charge < -0.3 is 9.47 Å². The Balaban J connectivity index is 1.40. The van der Waals surface area contributed by atoms with Gasteiger partial charge in [-0.05, 0) is 83.1 Å². The van der Waals surface area contributed by atoms with Gasteiger partial charge in [0.1, 0.15) is 12.4 Å². The summed E-state index contributed by atoms with van der Waals surface area (Å²) >= 11 is 4.91. The Bertz CT molecular complexity index is 1560. The fraction of sp³-hybridized carbons (Fsp3) is 0.133. The van der Waals surface area contributed by atoms with Gasteiger partial charge in [-0.15, -0.1) is 0 Å². The van der Waals surface area contributed by atoms with Crippen molar-refractivity contribution in [1.82, 2.24) is 4.90 Å².